The van der Waals surface area contributed by atoms with Gasteiger partial charge in [0.2, 0.25) is 0 Å². The minimum absolute atomic E-state index is 0.230. The van der Waals surface area contributed by atoms with Crippen LogP contribution in [-0.4, -0.2) is 36.3 Å². The number of unbranched alkanes of at least 4 members (excludes halogenated alkanes) is 1. The molecule has 0 fully saturated rings. The number of para-hydroxylation sites is 2. The van der Waals surface area contributed by atoms with Crippen molar-refractivity contribution >= 4 is 23.1 Å². The van der Waals surface area contributed by atoms with Crippen molar-refractivity contribution in [1.29, 1.82) is 0 Å². The van der Waals surface area contributed by atoms with Crippen LogP contribution in [0.15, 0.2) is 52.9 Å². The van der Waals surface area contributed by atoms with Crippen LogP contribution >= 0.6 is 0 Å². The molecule has 1 aromatic heterocycles. The van der Waals surface area contributed by atoms with E-state index in [0.29, 0.717) is 18.4 Å². The van der Waals surface area contributed by atoms with Gasteiger partial charge in [0, 0.05) is 13.6 Å². The van der Waals surface area contributed by atoms with E-state index in [1.54, 1.807) is 18.2 Å². The number of ether oxygens (including phenoxy) is 1. The molecule has 0 aliphatic heterocycles. The van der Waals surface area contributed by atoms with Crippen molar-refractivity contribution in [2.45, 2.75) is 12.8 Å². The molecule has 0 atom stereocenters. The van der Waals surface area contributed by atoms with Crippen LogP contribution in [-0.2, 0) is 0 Å². The van der Waals surface area contributed by atoms with Crippen LogP contribution in [0.3, 0.4) is 0 Å². The number of rotatable bonds is 8. The summed E-state index contributed by atoms with van der Waals surface area (Å²) in [7, 11) is 1.95. The molecule has 130 valence electrons. The summed E-state index contributed by atoms with van der Waals surface area (Å²) in [6, 6.07) is 14.8. The van der Waals surface area contributed by atoms with E-state index in [-0.39, 0.29) is 5.56 Å². The number of aromatic nitrogens is 1. The Hall–Kier alpha value is -3.02. The van der Waals surface area contributed by atoms with Gasteiger partial charge in [0.1, 0.15) is 11.3 Å². The van der Waals surface area contributed by atoms with Gasteiger partial charge in [0.25, 0.3) is 6.01 Å². The van der Waals surface area contributed by atoms with Crippen molar-refractivity contribution in [1.82, 2.24) is 4.98 Å². The second-order valence-corrected chi connectivity index (χ2v) is 5.77. The molecule has 6 heteroatoms. The van der Waals surface area contributed by atoms with Crippen LogP contribution in [0.25, 0.3) is 11.1 Å². The molecule has 0 radical (unpaired) electrons. The Labute approximate surface area is 145 Å². The number of carboxylic acids is 1. The van der Waals surface area contributed by atoms with Gasteiger partial charge in [0.05, 0.1) is 12.2 Å². The summed E-state index contributed by atoms with van der Waals surface area (Å²) >= 11 is 0. The molecular formula is C19H20N2O4. The third-order valence-corrected chi connectivity index (χ3v) is 3.85. The maximum absolute atomic E-state index is 10.9. The molecular weight excluding hydrogens is 320 g/mol. The number of benzene rings is 2. The van der Waals surface area contributed by atoms with Gasteiger partial charge in [0.15, 0.2) is 5.58 Å². The molecule has 25 heavy (non-hydrogen) atoms. The normalized spacial score (nSPS) is 10.8. The van der Waals surface area contributed by atoms with Crippen LogP contribution in [0.2, 0.25) is 0 Å². The van der Waals surface area contributed by atoms with Crippen molar-refractivity contribution in [3.05, 3.63) is 54.1 Å². The highest BCUT2D eigenvalue weighted by atomic mass is 16.5. The van der Waals surface area contributed by atoms with Crippen molar-refractivity contribution in [3.63, 3.8) is 0 Å². The Morgan fingerprint density at radius 3 is 2.84 bits per heavy atom. The van der Waals surface area contributed by atoms with Crippen LogP contribution in [0.1, 0.15) is 23.2 Å². The zero-order chi connectivity index (χ0) is 17.6. The van der Waals surface area contributed by atoms with Crippen LogP contribution in [0, 0.1) is 0 Å². The topological polar surface area (TPSA) is 75.8 Å². The fourth-order valence-corrected chi connectivity index (χ4v) is 2.48. The molecule has 0 amide bonds. The molecule has 0 aliphatic rings. The molecule has 0 unspecified atom stereocenters. The summed E-state index contributed by atoms with van der Waals surface area (Å²) in [6.45, 7) is 1.33. The monoisotopic (exact) mass is 340 g/mol. The highest BCUT2D eigenvalue weighted by Gasteiger charge is 2.09. The van der Waals surface area contributed by atoms with Gasteiger partial charge in [-0.25, -0.2) is 4.79 Å². The zero-order valence-electron chi connectivity index (χ0n) is 14.0. The molecule has 0 bridgehead atoms. The number of carbonyl (C=O) groups is 1. The lowest BCUT2D eigenvalue weighted by molar-refractivity contribution is 0.0696. The first-order chi connectivity index (χ1) is 12.1. The molecule has 6 nitrogen and oxygen atoms in total. The van der Waals surface area contributed by atoms with Gasteiger partial charge < -0.3 is 19.2 Å². The average molecular weight is 340 g/mol. The standard InChI is InChI=1S/C19H20N2O4/c1-21(19-20-16-9-2-3-10-17(16)25-19)11-4-5-12-24-15-8-6-7-14(13-15)18(22)23/h2-3,6-10,13H,4-5,11-12H2,1H3,(H,22,23). The molecule has 1 N–H and O–H groups in total. The maximum Gasteiger partial charge on any atom is 0.335 e. The van der Waals surface area contributed by atoms with Gasteiger partial charge in [-0.1, -0.05) is 18.2 Å². The lowest BCUT2D eigenvalue weighted by Gasteiger charge is -2.14. The van der Waals surface area contributed by atoms with Crippen LogP contribution in [0.4, 0.5) is 6.01 Å². The highest BCUT2D eigenvalue weighted by molar-refractivity contribution is 5.88. The van der Waals surface area contributed by atoms with Crippen molar-refractivity contribution in [2.24, 2.45) is 0 Å². The summed E-state index contributed by atoms with van der Waals surface area (Å²) < 4.78 is 11.3. The van der Waals surface area contributed by atoms with Gasteiger partial charge >= 0.3 is 5.97 Å². The minimum Gasteiger partial charge on any atom is -0.494 e. The lowest BCUT2D eigenvalue weighted by atomic mass is 10.2. The predicted octanol–water partition coefficient (Wildman–Crippen LogP) is 3.82. The predicted molar refractivity (Wildman–Crippen MR) is 95.4 cm³/mol. The maximum atomic E-state index is 10.9. The number of fused-ring (bicyclic) bond motifs is 1. The first kappa shape index (κ1) is 16.8. The van der Waals surface area contributed by atoms with E-state index in [0.717, 1.165) is 30.5 Å². The van der Waals surface area contributed by atoms with E-state index in [1.807, 2.05) is 36.2 Å². The number of oxazole rings is 1. The Kier molecular flexibility index (Phi) is 5.18. The van der Waals surface area contributed by atoms with Gasteiger partial charge in [-0.15, -0.1) is 0 Å². The van der Waals surface area contributed by atoms with Crippen molar-refractivity contribution in [3.8, 4) is 5.75 Å². The molecule has 0 aliphatic carbocycles. The number of hydrogen-bond acceptors (Lipinski definition) is 5. The minimum atomic E-state index is -0.953. The number of anilines is 1. The van der Waals surface area contributed by atoms with Gasteiger partial charge in [-0.3, -0.25) is 0 Å². The molecule has 3 aromatic rings. The quantitative estimate of drug-likeness (QED) is 0.628. The Bertz CT molecular complexity index is 826. The van der Waals surface area contributed by atoms with E-state index < -0.39 is 5.97 Å². The van der Waals surface area contributed by atoms with Gasteiger partial charge in [-0.05, 0) is 43.2 Å². The fraction of sp³-hybridized carbons (Fsp3) is 0.263. The molecule has 2 aromatic carbocycles. The number of nitrogens with zero attached hydrogens (tertiary/aromatic N) is 2. The average Bonchev–Trinajstić information content (AvgIpc) is 3.06. The highest BCUT2D eigenvalue weighted by Crippen LogP contribution is 2.21. The molecule has 0 saturated heterocycles. The third-order valence-electron chi connectivity index (χ3n) is 3.85. The molecule has 0 saturated carbocycles. The lowest BCUT2D eigenvalue weighted by Crippen LogP contribution is -2.19. The van der Waals surface area contributed by atoms with Crippen molar-refractivity contribution in [2.75, 3.05) is 25.1 Å². The largest absolute Gasteiger partial charge is 0.494 e. The third kappa shape index (κ3) is 4.29. The summed E-state index contributed by atoms with van der Waals surface area (Å²) in [5.41, 5.74) is 1.87. The second-order valence-electron chi connectivity index (χ2n) is 5.77. The first-order valence-electron chi connectivity index (χ1n) is 8.16. The molecule has 0 spiro atoms. The molecule has 3 rings (SSSR count). The number of carboxylic acid groups (broad SMARTS) is 1. The van der Waals surface area contributed by atoms with E-state index in [4.69, 9.17) is 14.3 Å². The van der Waals surface area contributed by atoms with E-state index >= 15 is 0 Å². The summed E-state index contributed by atoms with van der Waals surface area (Å²) in [5.74, 6) is -0.377. The van der Waals surface area contributed by atoms with Crippen LogP contribution in [0.5, 0.6) is 5.75 Å². The summed E-state index contributed by atoms with van der Waals surface area (Å²) in [5, 5.41) is 8.96. The fourth-order valence-electron chi connectivity index (χ4n) is 2.48. The van der Waals surface area contributed by atoms with Crippen LogP contribution < -0.4 is 9.64 Å². The summed E-state index contributed by atoms with van der Waals surface area (Å²) in [6.07, 6.45) is 1.76. The zero-order valence-corrected chi connectivity index (χ0v) is 14.0. The SMILES string of the molecule is CN(CCCCOc1cccc(C(=O)O)c1)c1nc2ccccc2o1. The Morgan fingerprint density at radius 2 is 2.04 bits per heavy atom. The van der Waals surface area contributed by atoms with E-state index in [9.17, 15) is 4.79 Å². The first-order valence-corrected chi connectivity index (χ1v) is 8.16. The Balaban J connectivity index is 1.43. The van der Waals surface area contributed by atoms with Gasteiger partial charge in [-0.2, -0.15) is 4.98 Å². The molecule has 1 heterocycles. The number of aromatic carboxylic acids is 1. The van der Waals surface area contributed by atoms with E-state index in [1.165, 1.54) is 6.07 Å². The second kappa shape index (κ2) is 7.70. The van der Waals surface area contributed by atoms with Crippen molar-refractivity contribution < 1.29 is 19.1 Å². The van der Waals surface area contributed by atoms with E-state index in [2.05, 4.69) is 4.98 Å². The smallest absolute Gasteiger partial charge is 0.335 e. The summed E-state index contributed by atoms with van der Waals surface area (Å²) in [4.78, 5) is 17.4. The Morgan fingerprint density at radius 1 is 1.20 bits per heavy atom. The number of hydrogen-bond donors (Lipinski definition) is 1.